The summed E-state index contributed by atoms with van der Waals surface area (Å²) < 4.78 is 14.1. The Labute approximate surface area is 130 Å². The Bertz CT molecular complexity index is 597. The van der Waals surface area contributed by atoms with Gasteiger partial charge in [0, 0.05) is 11.0 Å². The van der Waals surface area contributed by atoms with Crippen LogP contribution in [0.25, 0.3) is 0 Å². The number of amides is 2. The minimum absolute atomic E-state index is 0.0231. The molecule has 0 spiro atoms. The fraction of sp³-hybridized carbons (Fsp3) is 0.467. The maximum absolute atomic E-state index is 13.4. The van der Waals surface area contributed by atoms with Gasteiger partial charge in [-0.25, -0.2) is 4.39 Å². The molecule has 0 aromatic heterocycles. The van der Waals surface area contributed by atoms with Crippen molar-refractivity contribution in [3.05, 3.63) is 34.1 Å². The van der Waals surface area contributed by atoms with Gasteiger partial charge in [-0.3, -0.25) is 9.59 Å². The smallest absolute Gasteiger partial charge is 0.249 e. The molecule has 1 aliphatic carbocycles. The molecule has 3 rings (SSSR count). The van der Waals surface area contributed by atoms with Crippen molar-refractivity contribution in [3.8, 4) is 0 Å². The number of halogens is 2. The van der Waals surface area contributed by atoms with Crippen LogP contribution in [0.4, 0.5) is 4.39 Å². The van der Waals surface area contributed by atoms with E-state index in [1.165, 1.54) is 17.0 Å². The van der Waals surface area contributed by atoms with E-state index >= 15 is 0 Å². The highest BCUT2D eigenvalue weighted by atomic mass is 79.9. The molecule has 1 aliphatic heterocycles. The first kappa shape index (κ1) is 14.5. The zero-order valence-electron chi connectivity index (χ0n) is 11.7. The summed E-state index contributed by atoms with van der Waals surface area (Å²) in [5, 5.41) is 2.83. The summed E-state index contributed by atoms with van der Waals surface area (Å²) in [7, 11) is 0. The van der Waals surface area contributed by atoms with Crippen molar-refractivity contribution in [1.82, 2.24) is 10.2 Å². The van der Waals surface area contributed by atoms with Gasteiger partial charge >= 0.3 is 0 Å². The fourth-order valence-electron chi connectivity index (χ4n) is 2.94. The second kappa shape index (κ2) is 5.09. The first-order valence-corrected chi connectivity index (χ1v) is 7.73. The lowest BCUT2D eigenvalue weighted by atomic mass is 9.91. The highest BCUT2D eigenvalue weighted by Crippen LogP contribution is 2.41. The number of nitrogens with one attached hydrogen (secondary N) is 1. The summed E-state index contributed by atoms with van der Waals surface area (Å²) in [5.41, 5.74) is -0.136. The number of carbonyl (C=O) groups excluding carboxylic acids is 2. The number of nitrogens with zero attached hydrogens (tertiary/aromatic N) is 1. The molecule has 1 saturated heterocycles. The standard InChI is InChI=1S/C15H16BrFN2O2/c1-15(10-2-3-10)14(21)19(8-13(20)18-15)7-9-4-11(16)6-12(17)5-9/h4-6,10H,2-3,7-8H2,1H3,(H,18,20). The molecule has 1 atom stereocenters. The predicted octanol–water partition coefficient (Wildman–Crippen LogP) is 2.22. The number of carbonyl (C=O) groups is 2. The highest BCUT2D eigenvalue weighted by molar-refractivity contribution is 9.10. The Morgan fingerprint density at radius 1 is 1.38 bits per heavy atom. The molecule has 1 unspecified atom stereocenters. The summed E-state index contributed by atoms with van der Waals surface area (Å²) in [6.07, 6.45) is 1.92. The van der Waals surface area contributed by atoms with E-state index in [9.17, 15) is 14.0 Å². The van der Waals surface area contributed by atoms with Crippen LogP contribution in [-0.2, 0) is 16.1 Å². The summed E-state index contributed by atoms with van der Waals surface area (Å²) in [6, 6.07) is 4.51. The second-order valence-corrected chi connectivity index (χ2v) is 6.88. The molecule has 1 N–H and O–H groups in total. The van der Waals surface area contributed by atoms with E-state index in [4.69, 9.17) is 0 Å². The molecule has 1 heterocycles. The van der Waals surface area contributed by atoms with Gasteiger partial charge in [-0.2, -0.15) is 0 Å². The maximum Gasteiger partial charge on any atom is 0.249 e. The van der Waals surface area contributed by atoms with E-state index in [-0.39, 0.29) is 36.6 Å². The van der Waals surface area contributed by atoms with Crippen LogP contribution in [-0.4, -0.2) is 28.8 Å². The van der Waals surface area contributed by atoms with Gasteiger partial charge in [0.15, 0.2) is 0 Å². The molecule has 1 aromatic carbocycles. The van der Waals surface area contributed by atoms with E-state index in [2.05, 4.69) is 21.2 Å². The van der Waals surface area contributed by atoms with Gasteiger partial charge in [0.2, 0.25) is 11.8 Å². The minimum Gasteiger partial charge on any atom is -0.340 e. The van der Waals surface area contributed by atoms with Gasteiger partial charge in [-0.05, 0) is 49.4 Å². The van der Waals surface area contributed by atoms with E-state index in [0.29, 0.717) is 10.0 Å². The van der Waals surface area contributed by atoms with Crippen molar-refractivity contribution in [2.24, 2.45) is 5.92 Å². The zero-order valence-corrected chi connectivity index (χ0v) is 13.2. The summed E-state index contributed by atoms with van der Waals surface area (Å²) in [4.78, 5) is 26.1. The van der Waals surface area contributed by atoms with Crippen LogP contribution in [0, 0.1) is 11.7 Å². The third kappa shape index (κ3) is 2.81. The highest BCUT2D eigenvalue weighted by Gasteiger charge is 2.52. The molecule has 112 valence electrons. The monoisotopic (exact) mass is 354 g/mol. The molecule has 0 bridgehead atoms. The van der Waals surface area contributed by atoms with Crippen molar-refractivity contribution in [2.45, 2.75) is 31.8 Å². The van der Waals surface area contributed by atoms with Crippen LogP contribution in [0.5, 0.6) is 0 Å². The molecule has 2 amide bonds. The molecule has 1 saturated carbocycles. The average Bonchev–Trinajstić information content (AvgIpc) is 3.18. The Morgan fingerprint density at radius 2 is 2.10 bits per heavy atom. The van der Waals surface area contributed by atoms with Crippen LogP contribution in [0.2, 0.25) is 0 Å². The van der Waals surface area contributed by atoms with E-state index in [1.54, 1.807) is 13.0 Å². The van der Waals surface area contributed by atoms with E-state index in [1.807, 2.05) is 0 Å². The van der Waals surface area contributed by atoms with Crippen LogP contribution >= 0.6 is 15.9 Å². The van der Waals surface area contributed by atoms with Gasteiger partial charge in [0.05, 0.1) is 6.54 Å². The Morgan fingerprint density at radius 3 is 2.71 bits per heavy atom. The summed E-state index contributed by atoms with van der Waals surface area (Å²) in [6.45, 7) is 2.05. The molecule has 1 aromatic rings. The largest absolute Gasteiger partial charge is 0.340 e. The maximum atomic E-state index is 13.4. The van der Waals surface area contributed by atoms with Gasteiger partial charge in [0.1, 0.15) is 11.4 Å². The van der Waals surface area contributed by atoms with Crippen LogP contribution in [0.1, 0.15) is 25.3 Å². The van der Waals surface area contributed by atoms with Crippen LogP contribution in [0.3, 0.4) is 0 Å². The van der Waals surface area contributed by atoms with Gasteiger partial charge in [-0.15, -0.1) is 0 Å². The van der Waals surface area contributed by atoms with Crippen molar-refractivity contribution in [3.63, 3.8) is 0 Å². The molecule has 0 radical (unpaired) electrons. The number of benzene rings is 1. The molecule has 2 aliphatic rings. The van der Waals surface area contributed by atoms with Gasteiger partial charge in [-0.1, -0.05) is 15.9 Å². The second-order valence-electron chi connectivity index (χ2n) is 5.96. The lowest BCUT2D eigenvalue weighted by Crippen LogP contribution is -2.66. The Kier molecular flexibility index (Phi) is 3.51. The Hall–Kier alpha value is -1.43. The quantitative estimate of drug-likeness (QED) is 0.904. The molecule has 21 heavy (non-hydrogen) atoms. The summed E-state index contributed by atoms with van der Waals surface area (Å²) in [5.74, 6) is -0.376. The van der Waals surface area contributed by atoms with Crippen LogP contribution < -0.4 is 5.32 Å². The fourth-order valence-corrected chi connectivity index (χ4v) is 3.46. The number of rotatable bonds is 3. The van der Waals surface area contributed by atoms with Crippen molar-refractivity contribution in [2.75, 3.05) is 6.54 Å². The van der Waals surface area contributed by atoms with E-state index in [0.717, 1.165) is 12.8 Å². The lowest BCUT2D eigenvalue weighted by Gasteiger charge is -2.40. The van der Waals surface area contributed by atoms with Gasteiger partial charge in [0.25, 0.3) is 0 Å². The molecular weight excluding hydrogens is 339 g/mol. The number of piperazine rings is 1. The SMILES string of the molecule is CC1(C2CC2)NC(=O)CN(Cc2cc(F)cc(Br)c2)C1=O. The van der Waals surface area contributed by atoms with Crippen molar-refractivity contribution in [1.29, 1.82) is 0 Å². The third-order valence-electron chi connectivity index (χ3n) is 4.15. The average molecular weight is 355 g/mol. The van der Waals surface area contributed by atoms with Crippen LogP contribution in [0.15, 0.2) is 22.7 Å². The number of hydrogen-bond acceptors (Lipinski definition) is 2. The third-order valence-corrected chi connectivity index (χ3v) is 4.61. The summed E-state index contributed by atoms with van der Waals surface area (Å²) >= 11 is 3.24. The first-order valence-electron chi connectivity index (χ1n) is 6.94. The molecule has 6 heteroatoms. The lowest BCUT2D eigenvalue weighted by molar-refractivity contribution is -0.150. The molecule has 4 nitrogen and oxygen atoms in total. The normalized spacial score (nSPS) is 26.0. The first-order chi connectivity index (χ1) is 9.88. The number of hydrogen-bond donors (Lipinski definition) is 1. The molecule has 2 fully saturated rings. The predicted molar refractivity (Wildman–Crippen MR) is 78.8 cm³/mol. The topological polar surface area (TPSA) is 49.4 Å². The minimum atomic E-state index is -0.806. The molecular formula is C15H16BrFN2O2. The van der Waals surface area contributed by atoms with Crippen molar-refractivity contribution < 1.29 is 14.0 Å². The zero-order chi connectivity index (χ0) is 15.2. The Balaban J connectivity index is 1.83. The van der Waals surface area contributed by atoms with Gasteiger partial charge < -0.3 is 10.2 Å². The van der Waals surface area contributed by atoms with Crippen molar-refractivity contribution >= 4 is 27.7 Å². The van der Waals surface area contributed by atoms with E-state index < -0.39 is 5.54 Å².